The van der Waals surface area contributed by atoms with Crippen molar-refractivity contribution < 1.29 is 24.2 Å². The van der Waals surface area contributed by atoms with Crippen LogP contribution in [0, 0.1) is 0 Å². The summed E-state index contributed by atoms with van der Waals surface area (Å²) in [5, 5.41) is 9.47. The number of amides is 1. The molecule has 0 spiro atoms. The number of hydrogen-bond donors (Lipinski definition) is 1. The van der Waals surface area contributed by atoms with Crippen LogP contribution in [0.5, 0.6) is 0 Å². The number of carboxylic acid groups (broad SMARTS) is 1. The number of carbonyl (C=O) groups excluding carboxylic acids is 1. The van der Waals surface area contributed by atoms with E-state index < -0.39 is 5.97 Å². The SMILES string of the molecule is COCC1CN(C(=O)c2ccccc2-c2ccccc2C(=O)O)CCO1. The van der Waals surface area contributed by atoms with Crippen molar-refractivity contribution >= 4 is 11.9 Å². The summed E-state index contributed by atoms with van der Waals surface area (Å²) in [5.74, 6) is -1.15. The summed E-state index contributed by atoms with van der Waals surface area (Å²) in [6, 6.07) is 13.8. The van der Waals surface area contributed by atoms with Crippen LogP contribution < -0.4 is 0 Å². The van der Waals surface area contributed by atoms with Crippen molar-refractivity contribution in [2.45, 2.75) is 6.10 Å². The fraction of sp³-hybridized carbons (Fsp3) is 0.300. The summed E-state index contributed by atoms with van der Waals surface area (Å²) < 4.78 is 10.7. The molecular weight excluding hydrogens is 334 g/mol. The molecule has 2 aromatic carbocycles. The first-order valence-electron chi connectivity index (χ1n) is 8.43. The van der Waals surface area contributed by atoms with Crippen LogP contribution in [0.4, 0.5) is 0 Å². The Morgan fingerprint density at radius 1 is 1.12 bits per heavy atom. The Morgan fingerprint density at radius 3 is 2.38 bits per heavy atom. The van der Waals surface area contributed by atoms with E-state index in [-0.39, 0.29) is 17.6 Å². The van der Waals surface area contributed by atoms with Gasteiger partial charge in [-0.25, -0.2) is 4.79 Å². The molecule has 1 aliphatic heterocycles. The summed E-state index contributed by atoms with van der Waals surface area (Å²) in [6.07, 6.45) is -0.156. The average molecular weight is 355 g/mol. The molecule has 0 bridgehead atoms. The van der Waals surface area contributed by atoms with Crippen molar-refractivity contribution in [1.29, 1.82) is 0 Å². The minimum Gasteiger partial charge on any atom is -0.478 e. The second-order valence-electron chi connectivity index (χ2n) is 6.10. The van der Waals surface area contributed by atoms with Gasteiger partial charge < -0.3 is 19.5 Å². The van der Waals surface area contributed by atoms with Crippen molar-refractivity contribution in [3.63, 3.8) is 0 Å². The van der Waals surface area contributed by atoms with Gasteiger partial charge in [-0.15, -0.1) is 0 Å². The minimum atomic E-state index is -1.02. The zero-order chi connectivity index (χ0) is 18.5. The lowest BCUT2D eigenvalue weighted by molar-refractivity contribution is -0.0530. The van der Waals surface area contributed by atoms with E-state index in [1.165, 1.54) is 0 Å². The summed E-state index contributed by atoms with van der Waals surface area (Å²) in [6.45, 7) is 1.82. The zero-order valence-corrected chi connectivity index (χ0v) is 14.6. The molecule has 26 heavy (non-hydrogen) atoms. The molecule has 1 amide bonds. The van der Waals surface area contributed by atoms with Crippen molar-refractivity contribution in [1.82, 2.24) is 4.90 Å². The van der Waals surface area contributed by atoms with Crippen LogP contribution in [-0.4, -0.2) is 61.4 Å². The van der Waals surface area contributed by atoms with E-state index >= 15 is 0 Å². The lowest BCUT2D eigenvalue weighted by Crippen LogP contribution is -2.47. The number of carbonyl (C=O) groups is 2. The third-order valence-corrected chi connectivity index (χ3v) is 4.38. The maximum Gasteiger partial charge on any atom is 0.336 e. The first-order valence-corrected chi connectivity index (χ1v) is 8.43. The third kappa shape index (κ3) is 3.76. The van der Waals surface area contributed by atoms with E-state index in [9.17, 15) is 14.7 Å². The number of carboxylic acids is 1. The van der Waals surface area contributed by atoms with Gasteiger partial charge in [-0.1, -0.05) is 36.4 Å². The predicted molar refractivity (Wildman–Crippen MR) is 96.4 cm³/mol. The molecule has 1 unspecified atom stereocenters. The molecule has 136 valence electrons. The molecule has 1 fully saturated rings. The van der Waals surface area contributed by atoms with Crippen molar-refractivity contribution in [3.05, 3.63) is 59.7 Å². The molecule has 1 atom stereocenters. The molecular formula is C20H21NO5. The quantitative estimate of drug-likeness (QED) is 0.892. The number of methoxy groups -OCH3 is 1. The molecule has 6 heteroatoms. The fourth-order valence-electron chi connectivity index (χ4n) is 3.17. The topological polar surface area (TPSA) is 76.1 Å². The normalized spacial score (nSPS) is 17.1. The van der Waals surface area contributed by atoms with E-state index in [1.807, 2.05) is 0 Å². The predicted octanol–water partition coefficient (Wildman–Crippen LogP) is 2.54. The summed E-state index contributed by atoms with van der Waals surface area (Å²) in [5.41, 5.74) is 1.81. The Balaban J connectivity index is 1.95. The van der Waals surface area contributed by atoms with Gasteiger partial charge in [0.05, 0.1) is 24.9 Å². The Hall–Kier alpha value is -2.70. The van der Waals surface area contributed by atoms with Crippen LogP contribution in [0.25, 0.3) is 11.1 Å². The Morgan fingerprint density at radius 2 is 1.73 bits per heavy atom. The number of rotatable bonds is 5. The number of nitrogens with zero attached hydrogens (tertiary/aromatic N) is 1. The van der Waals surface area contributed by atoms with E-state index in [1.54, 1.807) is 60.5 Å². The first kappa shape index (κ1) is 18.1. The summed E-state index contributed by atoms with van der Waals surface area (Å²) in [7, 11) is 1.60. The number of aromatic carboxylic acids is 1. The smallest absolute Gasteiger partial charge is 0.336 e. The van der Waals surface area contributed by atoms with E-state index in [0.29, 0.717) is 43.0 Å². The van der Waals surface area contributed by atoms with E-state index in [2.05, 4.69) is 0 Å². The van der Waals surface area contributed by atoms with Crippen molar-refractivity contribution in [2.75, 3.05) is 33.4 Å². The van der Waals surface area contributed by atoms with Crippen LogP contribution in [0.2, 0.25) is 0 Å². The number of morpholine rings is 1. The average Bonchev–Trinajstić information content (AvgIpc) is 2.68. The molecule has 0 aromatic heterocycles. The van der Waals surface area contributed by atoms with Gasteiger partial charge in [-0.05, 0) is 23.3 Å². The molecule has 1 aliphatic rings. The third-order valence-electron chi connectivity index (χ3n) is 4.38. The highest BCUT2D eigenvalue weighted by molar-refractivity contribution is 6.04. The Labute approximate surface area is 152 Å². The van der Waals surface area contributed by atoms with Gasteiger partial charge in [0.15, 0.2) is 0 Å². The number of benzene rings is 2. The van der Waals surface area contributed by atoms with Crippen molar-refractivity contribution in [3.8, 4) is 11.1 Å². The number of ether oxygens (including phenoxy) is 2. The van der Waals surface area contributed by atoms with Crippen LogP contribution in [-0.2, 0) is 9.47 Å². The van der Waals surface area contributed by atoms with Crippen molar-refractivity contribution in [2.24, 2.45) is 0 Å². The first-order chi connectivity index (χ1) is 12.6. The second-order valence-corrected chi connectivity index (χ2v) is 6.10. The van der Waals surface area contributed by atoms with Gasteiger partial charge in [-0.3, -0.25) is 4.79 Å². The standard InChI is InChI=1S/C20H21NO5/c1-25-13-14-12-21(10-11-26-14)19(22)17-8-4-2-6-15(17)16-7-3-5-9-18(16)20(23)24/h2-9,14H,10-13H2,1H3,(H,23,24). The summed E-state index contributed by atoms with van der Waals surface area (Å²) >= 11 is 0. The van der Waals surface area contributed by atoms with Crippen LogP contribution >= 0.6 is 0 Å². The van der Waals surface area contributed by atoms with Gasteiger partial charge >= 0.3 is 5.97 Å². The van der Waals surface area contributed by atoms with Gasteiger partial charge in [0.1, 0.15) is 0 Å². The Kier molecular flexibility index (Phi) is 5.65. The number of hydrogen-bond acceptors (Lipinski definition) is 4. The zero-order valence-electron chi connectivity index (χ0n) is 14.6. The van der Waals surface area contributed by atoms with Gasteiger partial charge in [0.2, 0.25) is 0 Å². The second kappa shape index (κ2) is 8.12. The van der Waals surface area contributed by atoms with Crippen LogP contribution in [0.1, 0.15) is 20.7 Å². The minimum absolute atomic E-state index is 0.134. The molecule has 2 aromatic rings. The van der Waals surface area contributed by atoms with Gasteiger partial charge in [0.25, 0.3) is 5.91 Å². The lowest BCUT2D eigenvalue weighted by atomic mass is 9.94. The highest BCUT2D eigenvalue weighted by atomic mass is 16.5. The van der Waals surface area contributed by atoms with Gasteiger partial charge in [0, 0.05) is 25.8 Å². The highest BCUT2D eigenvalue weighted by Crippen LogP contribution is 2.28. The highest BCUT2D eigenvalue weighted by Gasteiger charge is 2.27. The molecule has 0 aliphatic carbocycles. The van der Waals surface area contributed by atoms with E-state index in [0.717, 1.165) is 0 Å². The van der Waals surface area contributed by atoms with Crippen LogP contribution in [0.15, 0.2) is 48.5 Å². The van der Waals surface area contributed by atoms with Crippen LogP contribution in [0.3, 0.4) is 0 Å². The molecule has 0 saturated carbocycles. The maximum atomic E-state index is 13.1. The monoisotopic (exact) mass is 355 g/mol. The molecule has 0 radical (unpaired) electrons. The molecule has 1 heterocycles. The lowest BCUT2D eigenvalue weighted by Gasteiger charge is -2.33. The largest absolute Gasteiger partial charge is 0.478 e. The fourth-order valence-corrected chi connectivity index (χ4v) is 3.17. The Bertz CT molecular complexity index is 802. The molecule has 6 nitrogen and oxygen atoms in total. The summed E-state index contributed by atoms with van der Waals surface area (Å²) in [4.78, 5) is 26.4. The molecule has 1 N–H and O–H groups in total. The molecule has 1 saturated heterocycles. The van der Waals surface area contributed by atoms with E-state index in [4.69, 9.17) is 9.47 Å². The maximum absolute atomic E-state index is 13.1. The molecule has 3 rings (SSSR count). The van der Waals surface area contributed by atoms with Gasteiger partial charge in [-0.2, -0.15) is 0 Å².